The van der Waals surface area contributed by atoms with E-state index in [-0.39, 0.29) is 17.0 Å². The Morgan fingerprint density at radius 3 is 2.67 bits per heavy atom. The Balaban J connectivity index is 2.34. The van der Waals surface area contributed by atoms with E-state index in [9.17, 15) is 18.0 Å². The Kier molecular flexibility index (Phi) is 3.09. The summed E-state index contributed by atoms with van der Waals surface area (Å²) in [6.07, 6.45) is -3.95. The van der Waals surface area contributed by atoms with Crippen LogP contribution in [0.4, 0.5) is 13.2 Å². The van der Waals surface area contributed by atoms with Crippen LogP contribution in [0.25, 0.3) is 16.2 Å². The van der Waals surface area contributed by atoms with Crippen molar-refractivity contribution in [3.63, 3.8) is 0 Å². The van der Waals surface area contributed by atoms with E-state index in [0.29, 0.717) is 11.2 Å². The molecule has 7 heteroatoms. The molecule has 0 saturated carbocycles. The van der Waals surface area contributed by atoms with Gasteiger partial charge in [-0.1, -0.05) is 18.2 Å². The monoisotopic (exact) mass is 310 g/mol. The van der Waals surface area contributed by atoms with Crippen LogP contribution in [0, 0.1) is 6.92 Å². The Labute approximate surface area is 121 Å². The fourth-order valence-electron chi connectivity index (χ4n) is 2.27. The van der Waals surface area contributed by atoms with Crippen LogP contribution in [-0.4, -0.2) is 15.7 Å². The molecule has 0 bridgehead atoms. The van der Waals surface area contributed by atoms with Crippen molar-refractivity contribution < 1.29 is 18.0 Å². The second-order valence-electron chi connectivity index (χ2n) is 4.50. The first-order valence-corrected chi connectivity index (χ1v) is 6.89. The normalized spacial score (nSPS) is 12.0. The van der Waals surface area contributed by atoms with Crippen LogP contribution in [0.2, 0.25) is 0 Å². The molecule has 1 aromatic carbocycles. The summed E-state index contributed by atoms with van der Waals surface area (Å²) in [6, 6.07) is 5.14. The van der Waals surface area contributed by atoms with Gasteiger partial charge < -0.3 is 0 Å². The number of rotatable bonds is 2. The molecule has 0 saturated heterocycles. The summed E-state index contributed by atoms with van der Waals surface area (Å²) in [6.45, 7) is 1.78. The highest BCUT2D eigenvalue weighted by atomic mass is 32.1. The van der Waals surface area contributed by atoms with Gasteiger partial charge in [0.15, 0.2) is 11.2 Å². The Hall–Kier alpha value is -2.15. The van der Waals surface area contributed by atoms with Crippen molar-refractivity contribution in [2.45, 2.75) is 13.1 Å². The number of thiazole rings is 1. The average molecular weight is 310 g/mol. The van der Waals surface area contributed by atoms with Crippen molar-refractivity contribution >= 4 is 22.6 Å². The number of hydrogen-bond donors (Lipinski definition) is 0. The number of carbonyl (C=O) groups excluding carboxylic acids is 1. The minimum Gasteiger partial charge on any atom is -0.296 e. The zero-order valence-electron chi connectivity index (χ0n) is 10.8. The molecular formula is C14H9F3N2OS. The van der Waals surface area contributed by atoms with Crippen LogP contribution in [0.5, 0.6) is 0 Å². The van der Waals surface area contributed by atoms with Crippen LogP contribution >= 0.6 is 11.3 Å². The zero-order valence-corrected chi connectivity index (χ0v) is 11.6. The van der Waals surface area contributed by atoms with Crippen LogP contribution in [0.3, 0.4) is 0 Å². The number of aryl methyl sites for hydroxylation is 1. The molecule has 0 radical (unpaired) electrons. The van der Waals surface area contributed by atoms with Crippen molar-refractivity contribution in [3.05, 3.63) is 46.6 Å². The Bertz CT molecular complexity index is 832. The molecular weight excluding hydrogens is 301 g/mol. The lowest BCUT2D eigenvalue weighted by Crippen LogP contribution is -2.07. The summed E-state index contributed by atoms with van der Waals surface area (Å²) in [5, 5.41) is 1.80. The van der Waals surface area contributed by atoms with Gasteiger partial charge in [-0.3, -0.25) is 9.20 Å². The van der Waals surface area contributed by atoms with Gasteiger partial charge in [0.05, 0.1) is 5.56 Å². The molecule has 108 valence electrons. The van der Waals surface area contributed by atoms with Crippen molar-refractivity contribution in [3.8, 4) is 11.3 Å². The van der Waals surface area contributed by atoms with E-state index in [1.807, 2.05) is 0 Å². The first-order valence-electron chi connectivity index (χ1n) is 6.02. The SMILES string of the molecule is Cc1csc2nc(-c3ccccc3C(F)(F)F)c(C=O)n12. The summed E-state index contributed by atoms with van der Waals surface area (Å²) in [4.78, 5) is 16.0. The molecule has 3 rings (SSSR count). The third-order valence-corrected chi connectivity index (χ3v) is 4.11. The number of fused-ring (bicyclic) bond motifs is 1. The molecule has 0 spiro atoms. The maximum absolute atomic E-state index is 13.1. The summed E-state index contributed by atoms with van der Waals surface area (Å²) >= 11 is 1.28. The molecule has 0 aliphatic carbocycles. The van der Waals surface area contributed by atoms with Crippen LogP contribution in [0.1, 0.15) is 21.7 Å². The molecule has 3 nitrogen and oxygen atoms in total. The highest BCUT2D eigenvalue weighted by Crippen LogP contribution is 2.38. The van der Waals surface area contributed by atoms with E-state index in [1.165, 1.54) is 29.5 Å². The van der Waals surface area contributed by atoms with Gasteiger partial charge in [-0.25, -0.2) is 4.98 Å². The van der Waals surface area contributed by atoms with E-state index >= 15 is 0 Å². The summed E-state index contributed by atoms with van der Waals surface area (Å²) < 4.78 is 40.9. The minimum absolute atomic E-state index is 0.0628. The van der Waals surface area contributed by atoms with Gasteiger partial charge in [0.1, 0.15) is 11.4 Å². The van der Waals surface area contributed by atoms with E-state index < -0.39 is 11.7 Å². The van der Waals surface area contributed by atoms with Gasteiger partial charge in [-0.15, -0.1) is 11.3 Å². The van der Waals surface area contributed by atoms with Crippen LogP contribution in [-0.2, 0) is 6.18 Å². The number of aromatic nitrogens is 2. The number of halogens is 3. The molecule has 21 heavy (non-hydrogen) atoms. The zero-order chi connectivity index (χ0) is 15.2. The molecule has 0 aliphatic rings. The van der Waals surface area contributed by atoms with Gasteiger partial charge in [-0.2, -0.15) is 13.2 Å². The van der Waals surface area contributed by atoms with Gasteiger partial charge in [-0.05, 0) is 13.0 Å². The summed E-state index contributed by atoms with van der Waals surface area (Å²) in [5.74, 6) is 0. The first kappa shape index (κ1) is 13.8. The lowest BCUT2D eigenvalue weighted by molar-refractivity contribution is -0.137. The standard InChI is InChI=1S/C14H9F3N2OS/c1-8-7-21-13-18-12(11(6-20)19(8)13)9-4-2-3-5-10(9)14(15,16)17/h2-7H,1H3. The number of carbonyl (C=O) groups is 1. The molecule has 2 aromatic heterocycles. The van der Waals surface area contributed by atoms with Gasteiger partial charge in [0.2, 0.25) is 0 Å². The Morgan fingerprint density at radius 2 is 2.00 bits per heavy atom. The minimum atomic E-state index is -4.50. The van der Waals surface area contributed by atoms with Crippen LogP contribution < -0.4 is 0 Å². The van der Waals surface area contributed by atoms with Crippen molar-refractivity contribution in [1.82, 2.24) is 9.38 Å². The van der Waals surface area contributed by atoms with Crippen molar-refractivity contribution in [1.29, 1.82) is 0 Å². The fourth-order valence-corrected chi connectivity index (χ4v) is 3.14. The lowest BCUT2D eigenvalue weighted by atomic mass is 10.0. The third-order valence-electron chi connectivity index (χ3n) is 3.17. The highest BCUT2D eigenvalue weighted by Gasteiger charge is 2.34. The Morgan fingerprint density at radius 1 is 1.29 bits per heavy atom. The third kappa shape index (κ3) is 2.13. The number of benzene rings is 1. The second-order valence-corrected chi connectivity index (χ2v) is 5.34. The number of hydrogen-bond acceptors (Lipinski definition) is 3. The number of imidazole rings is 1. The largest absolute Gasteiger partial charge is 0.417 e. The summed E-state index contributed by atoms with van der Waals surface area (Å²) in [5.41, 5.74) is 0.0903. The van der Waals surface area contributed by atoms with E-state index in [2.05, 4.69) is 4.98 Å². The fraction of sp³-hybridized carbons (Fsp3) is 0.143. The molecule has 0 amide bonds. The number of aldehydes is 1. The van der Waals surface area contributed by atoms with Gasteiger partial charge in [0, 0.05) is 16.6 Å². The van der Waals surface area contributed by atoms with E-state index in [4.69, 9.17) is 0 Å². The molecule has 0 fully saturated rings. The lowest BCUT2D eigenvalue weighted by Gasteiger charge is -2.11. The van der Waals surface area contributed by atoms with Gasteiger partial charge >= 0.3 is 6.18 Å². The molecule has 0 N–H and O–H groups in total. The number of nitrogens with zero attached hydrogens (tertiary/aromatic N) is 2. The maximum atomic E-state index is 13.1. The topological polar surface area (TPSA) is 34.4 Å². The highest BCUT2D eigenvalue weighted by molar-refractivity contribution is 7.15. The molecule has 0 aliphatic heterocycles. The molecule has 0 atom stereocenters. The molecule has 3 aromatic rings. The first-order chi connectivity index (χ1) is 9.93. The van der Waals surface area contributed by atoms with Crippen molar-refractivity contribution in [2.75, 3.05) is 0 Å². The quantitative estimate of drug-likeness (QED) is 0.665. The molecule has 0 unspecified atom stereocenters. The van der Waals surface area contributed by atoms with E-state index in [0.717, 1.165) is 11.8 Å². The van der Waals surface area contributed by atoms with Crippen LogP contribution in [0.15, 0.2) is 29.6 Å². The maximum Gasteiger partial charge on any atom is 0.417 e. The average Bonchev–Trinajstić information content (AvgIpc) is 2.98. The van der Waals surface area contributed by atoms with Gasteiger partial charge in [0.25, 0.3) is 0 Å². The number of alkyl halides is 3. The molecule has 2 heterocycles. The van der Waals surface area contributed by atoms with Crippen molar-refractivity contribution in [2.24, 2.45) is 0 Å². The smallest absolute Gasteiger partial charge is 0.296 e. The predicted molar refractivity (Wildman–Crippen MR) is 73.6 cm³/mol. The second kappa shape index (κ2) is 4.70. The van der Waals surface area contributed by atoms with E-state index in [1.54, 1.807) is 16.7 Å². The summed E-state index contributed by atoms with van der Waals surface area (Å²) in [7, 11) is 0. The predicted octanol–water partition coefficient (Wildman–Crippen LogP) is 4.20.